The lowest BCUT2D eigenvalue weighted by Gasteiger charge is -2.22. The molecule has 1 amide bonds. The zero-order valence-electron chi connectivity index (χ0n) is 15.6. The largest absolute Gasteiger partial charge is 0.381 e. The molecule has 1 saturated heterocycles. The van der Waals surface area contributed by atoms with Crippen LogP contribution in [0.5, 0.6) is 0 Å². The molecule has 10 nitrogen and oxygen atoms in total. The number of sulfone groups is 2. The number of amides is 1. The maximum absolute atomic E-state index is 12.5. The summed E-state index contributed by atoms with van der Waals surface area (Å²) in [5.41, 5.74) is 0.541. The molecule has 2 N–H and O–H groups in total. The number of H-pyrrole nitrogens is 1. The highest BCUT2D eigenvalue weighted by molar-refractivity contribution is 7.96. The van der Waals surface area contributed by atoms with E-state index in [9.17, 15) is 21.6 Å². The second-order valence-corrected chi connectivity index (χ2v) is 10.8. The average Bonchev–Trinajstić information content (AvgIpc) is 3.16. The minimum atomic E-state index is -3.85. The van der Waals surface area contributed by atoms with E-state index in [-0.39, 0.29) is 16.7 Å². The number of nitrogens with one attached hydrogen (secondary N) is 2. The number of carbonyl (C=O) groups is 1. The third kappa shape index (κ3) is 4.71. The van der Waals surface area contributed by atoms with Crippen molar-refractivity contribution in [2.75, 3.05) is 24.8 Å². The molecular weight excluding hydrogens is 420 g/mol. The summed E-state index contributed by atoms with van der Waals surface area (Å²) >= 11 is 0. The van der Waals surface area contributed by atoms with Gasteiger partial charge in [0.1, 0.15) is 4.91 Å². The van der Waals surface area contributed by atoms with E-state index in [4.69, 9.17) is 4.74 Å². The maximum atomic E-state index is 12.5. The third-order valence-corrected chi connectivity index (χ3v) is 7.82. The topological polar surface area (TPSA) is 148 Å². The Bertz CT molecular complexity index is 1130. The lowest BCUT2D eigenvalue weighted by Crippen LogP contribution is -2.33. The Hall–Kier alpha value is -2.57. The normalized spacial score (nSPS) is 15.8. The third-order valence-electron chi connectivity index (χ3n) is 4.47. The molecule has 1 fully saturated rings. The summed E-state index contributed by atoms with van der Waals surface area (Å²) in [6, 6.07) is 5.93. The Morgan fingerprint density at radius 3 is 2.38 bits per heavy atom. The minimum Gasteiger partial charge on any atom is -0.381 e. The highest BCUT2D eigenvalue weighted by atomic mass is 32.2. The number of aromatic amines is 1. The van der Waals surface area contributed by atoms with E-state index in [1.165, 1.54) is 24.3 Å². The van der Waals surface area contributed by atoms with Crippen LogP contribution < -0.4 is 5.32 Å². The van der Waals surface area contributed by atoms with Gasteiger partial charge < -0.3 is 4.74 Å². The number of carbonyl (C=O) groups excluding carboxylic acids is 1. The van der Waals surface area contributed by atoms with E-state index >= 15 is 0 Å². The molecule has 0 aliphatic carbocycles. The van der Waals surface area contributed by atoms with Crippen molar-refractivity contribution in [3.63, 3.8) is 0 Å². The number of rotatable bonds is 6. The summed E-state index contributed by atoms with van der Waals surface area (Å²) in [6.07, 6.45) is 1.72. The van der Waals surface area contributed by atoms with Gasteiger partial charge in [-0.1, -0.05) is 6.58 Å². The first kappa shape index (κ1) is 21.1. The summed E-state index contributed by atoms with van der Waals surface area (Å²) in [5, 5.41) is 8.06. The van der Waals surface area contributed by atoms with Crippen LogP contribution in [0.1, 0.15) is 12.8 Å². The molecule has 0 bridgehead atoms. The predicted octanol–water partition coefficient (Wildman–Crippen LogP) is 0.921. The number of anilines is 1. The number of benzene rings is 1. The Labute approximate surface area is 168 Å². The molecule has 29 heavy (non-hydrogen) atoms. The van der Waals surface area contributed by atoms with Crippen LogP contribution in [0.25, 0.3) is 11.4 Å². The summed E-state index contributed by atoms with van der Waals surface area (Å²) in [7, 11) is -7.18. The zero-order chi connectivity index (χ0) is 21.2. The number of hydrogen-bond donors (Lipinski definition) is 2. The van der Waals surface area contributed by atoms with Crippen LogP contribution in [-0.4, -0.2) is 62.6 Å². The first-order chi connectivity index (χ1) is 13.6. The van der Waals surface area contributed by atoms with Gasteiger partial charge in [0.2, 0.25) is 5.95 Å². The van der Waals surface area contributed by atoms with Crippen LogP contribution >= 0.6 is 0 Å². The van der Waals surface area contributed by atoms with Crippen molar-refractivity contribution in [1.29, 1.82) is 0 Å². The van der Waals surface area contributed by atoms with Gasteiger partial charge in [0.05, 0.1) is 10.1 Å². The number of nitrogens with zero attached hydrogens (tertiary/aromatic N) is 2. The van der Waals surface area contributed by atoms with E-state index < -0.39 is 35.7 Å². The molecule has 0 spiro atoms. The Morgan fingerprint density at radius 2 is 1.79 bits per heavy atom. The van der Waals surface area contributed by atoms with Crippen LogP contribution in [0.3, 0.4) is 0 Å². The van der Waals surface area contributed by atoms with Gasteiger partial charge in [0, 0.05) is 25.0 Å². The highest BCUT2D eigenvalue weighted by Gasteiger charge is 2.33. The number of aromatic nitrogens is 3. The molecule has 12 heteroatoms. The maximum Gasteiger partial charge on any atom is 0.268 e. The fraction of sp³-hybridized carbons (Fsp3) is 0.353. The highest BCUT2D eigenvalue weighted by Crippen LogP contribution is 2.23. The lowest BCUT2D eigenvalue weighted by atomic mass is 10.2. The molecule has 156 valence electrons. The number of hydrogen-bond acceptors (Lipinski definition) is 8. The van der Waals surface area contributed by atoms with Gasteiger partial charge in [-0.05, 0) is 37.1 Å². The molecule has 0 atom stereocenters. The van der Waals surface area contributed by atoms with Crippen molar-refractivity contribution in [2.24, 2.45) is 0 Å². The second-order valence-electron chi connectivity index (χ2n) is 6.54. The molecule has 0 saturated carbocycles. The van der Waals surface area contributed by atoms with Crippen molar-refractivity contribution in [3.05, 3.63) is 35.7 Å². The van der Waals surface area contributed by atoms with Gasteiger partial charge in [-0.3, -0.25) is 15.2 Å². The van der Waals surface area contributed by atoms with Crippen molar-refractivity contribution in [2.45, 2.75) is 23.0 Å². The van der Waals surface area contributed by atoms with Crippen molar-refractivity contribution < 1.29 is 26.4 Å². The predicted molar refractivity (Wildman–Crippen MR) is 105 cm³/mol. The van der Waals surface area contributed by atoms with Gasteiger partial charge in [-0.25, -0.2) is 16.8 Å². The van der Waals surface area contributed by atoms with Crippen LogP contribution in [0.15, 0.2) is 40.6 Å². The van der Waals surface area contributed by atoms with Crippen LogP contribution in [0, 0.1) is 0 Å². The van der Waals surface area contributed by atoms with Crippen LogP contribution in [0.2, 0.25) is 0 Å². The summed E-state index contributed by atoms with van der Waals surface area (Å²) in [4.78, 5) is 16.0. The fourth-order valence-corrected chi connectivity index (χ4v) is 4.95. The van der Waals surface area contributed by atoms with Crippen LogP contribution in [-0.2, 0) is 29.2 Å². The molecule has 1 aromatic carbocycles. The molecule has 3 rings (SSSR count). The molecule has 2 heterocycles. The van der Waals surface area contributed by atoms with Crippen molar-refractivity contribution in [3.8, 4) is 11.4 Å². The molecule has 2 aromatic rings. The number of ether oxygens (including phenoxy) is 1. The molecule has 1 aromatic heterocycles. The first-order valence-electron chi connectivity index (χ1n) is 8.64. The van der Waals surface area contributed by atoms with Gasteiger partial charge in [0.15, 0.2) is 25.5 Å². The van der Waals surface area contributed by atoms with E-state index in [1.807, 2.05) is 0 Å². The van der Waals surface area contributed by atoms with Crippen LogP contribution in [0.4, 0.5) is 5.95 Å². The Balaban J connectivity index is 1.71. The minimum absolute atomic E-state index is 0.125. The van der Waals surface area contributed by atoms with E-state index in [0.29, 0.717) is 31.6 Å². The standard InChI is InChI=1S/C17H20N4O6S2/c1-11(29(25,26)14-7-9-27-10-8-14)16(22)19-17-18-15(20-21-17)12-3-5-13(6-4-12)28(2,23)24/h3-6,14H,1,7-10H2,2H3,(H2,18,19,20,21,22). The van der Waals surface area contributed by atoms with Crippen molar-refractivity contribution in [1.82, 2.24) is 15.2 Å². The summed E-state index contributed by atoms with van der Waals surface area (Å²) in [6.45, 7) is 4.07. The smallest absolute Gasteiger partial charge is 0.268 e. The van der Waals surface area contributed by atoms with Gasteiger partial charge >= 0.3 is 0 Å². The quantitative estimate of drug-likeness (QED) is 0.630. The van der Waals surface area contributed by atoms with Gasteiger partial charge in [-0.2, -0.15) is 4.98 Å². The Kier molecular flexibility index (Phi) is 5.87. The molecule has 1 aliphatic rings. The van der Waals surface area contributed by atoms with E-state index in [0.717, 1.165) is 6.26 Å². The molecule has 1 aliphatic heterocycles. The fourth-order valence-electron chi connectivity index (χ4n) is 2.79. The molecule has 0 radical (unpaired) electrons. The SMILES string of the molecule is C=C(C(=O)Nc1n[nH]c(-c2ccc(S(C)(=O)=O)cc2)n1)S(=O)(=O)C1CCOCC1. The zero-order valence-corrected chi connectivity index (χ0v) is 17.2. The van der Waals surface area contributed by atoms with E-state index in [1.54, 1.807) is 0 Å². The monoisotopic (exact) mass is 440 g/mol. The summed E-state index contributed by atoms with van der Waals surface area (Å²) < 4.78 is 53.3. The van der Waals surface area contributed by atoms with Gasteiger partial charge in [-0.15, -0.1) is 5.10 Å². The van der Waals surface area contributed by atoms with Gasteiger partial charge in [0.25, 0.3) is 5.91 Å². The first-order valence-corrected chi connectivity index (χ1v) is 12.1. The lowest BCUT2D eigenvalue weighted by molar-refractivity contribution is -0.112. The Morgan fingerprint density at radius 1 is 1.17 bits per heavy atom. The average molecular weight is 441 g/mol. The van der Waals surface area contributed by atoms with Crippen molar-refractivity contribution >= 4 is 31.5 Å². The molecular formula is C17H20N4O6S2. The second kappa shape index (κ2) is 8.05. The molecule has 0 unspecified atom stereocenters. The summed E-state index contributed by atoms with van der Waals surface area (Å²) in [5.74, 6) is -0.756. The van der Waals surface area contributed by atoms with E-state index in [2.05, 4.69) is 27.1 Å².